The lowest BCUT2D eigenvalue weighted by Crippen LogP contribution is -2.59. The number of aromatic nitrogens is 3. The lowest BCUT2D eigenvalue weighted by atomic mass is 9.53. The SMILES string of the molecule is Nc1ncnc2c1c(-c1cccc(OCc3ccccc3)c1)cn2C1CC(CNC23CC4CC(CC(C4)C2)C3)C1. The summed E-state index contributed by atoms with van der Waals surface area (Å²) in [5, 5.41) is 5.08. The van der Waals surface area contributed by atoms with Crippen LogP contribution in [-0.2, 0) is 6.61 Å². The van der Waals surface area contributed by atoms with Crippen LogP contribution in [-0.4, -0.2) is 26.6 Å². The van der Waals surface area contributed by atoms with Gasteiger partial charge in [0.05, 0.1) is 5.39 Å². The average Bonchev–Trinajstić information content (AvgIpc) is 3.32. The first-order valence-electron chi connectivity index (χ1n) is 15.2. The van der Waals surface area contributed by atoms with Crippen LogP contribution in [0, 0.1) is 23.7 Å². The van der Waals surface area contributed by atoms with Crippen molar-refractivity contribution in [2.24, 2.45) is 23.7 Å². The maximum Gasteiger partial charge on any atom is 0.146 e. The van der Waals surface area contributed by atoms with Gasteiger partial charge < -0.3 is 20.4 Å². The van der Waals surface area contributed by atoms with Gasteiger partial charge in [-0.05, 0) is 105 Å². The Balaban J connectivity index is 0.987. The van der Waals surface area contributed by atoms with Crippen molar-refractivity contribution >= 4 is 16.9 Å². The highest BCUT2D eigenvalue weighted by Gasteiger charge is 2.51. The fraction of sp³-hybridized carbons (Fsp3) is 0.471. The fourth-order valence-corrected chi connectivity index (χ4v) is 8.88. The molecule has 0 atom stereocenters. The number of ether oxygens (including phenoxy) is 1. The first-order valence-corrected chi connectivity index (χ1v) is 15.2. The van der Waals surface area contributed by atoms with Crippen molar-refractivity contribution in [1.82, 2.24) is 19.9 Å². The lowest BCUT2D eigenvalue weighted by Gasteiger charge is -2.57. The standard InChI is InChI=1S/C34H39N5O/c35-32-31-30(27-7-4-8-29(14-27)40-20-22-5-2-1-3-6-22)19-39(33(31)37-21-36-32)28-12-26(13-28)18-38-34-15-23-9-24(16-34)11-25(10-23)17-34/h1-8,14,19,21,23-26,28,38H,9-13,15-18,20H2,(H2,35,36,37). The number of nitrogen functional groups attached to an aromatic ring is 1. The van der Waals surface area contributed by atoms with E-state index in [4.69, 9.17) is 15.5 Å². The van der Waals surface area contributed by atoms with Gasteiger partial charge in [0.1, 0.15) is 30.1 Å². The molecule has 0 aliphatic heterocycles. The average molecular weight is 534 g/mol. The zero-order chi connectivity index (χ0) is 26.7. The largest absolute Gasteiger partial charge is 0.489 e. The third-order valence-electron chi connectivity index (χ3n) is 10.4. The van der Waals surface area contributed by atoms with Crippen molar-refractivity contribution in [2.75, 3.05) is 12.3 Å². The molecule has 206 valence electrons. The Hall–Kier alpha value is -3.38. The number of rotatable bonds is 8. The normalized spacial score (nSPS) is 30.4. The number of benzene rings is 2. The van der Waals surface area contributed by atoms with Crippen molar-refractivity contribution in [3.05, 3.63) is 72.7 Å². The van der Waals surface area contributed by atoms with Gasteiger partial charge in [-0.3, -0.25) is 0 Å². The highest BCUT2D eigenvalue weighted by molar-refractivity contribution is 6.00. The number of anilines is 1. The number of nitrogens with two attached hydrogens (primary N) is 1. The summed E-state index contributed by atoms with van der Waals surface area (Å²) < 4.78 is 8.50. The molecular weight excluding hydrogens is 494 g/mol. The molecule has 5 saturated carbocycles. The van der Waals surface area contributed by atoms with Crippen LogP contribution in [0.15, 0.2) is 67.1 Å². The zero-order valence-corrected chi connectivity index (χ0v) is 23.1. The molecule has 6 heteroatoms. The monoisotopic (exact) mass is 533 g/mol. The van der Waals surface area contributed by atoms with Crippen LogP contribution in [0.5, 0.6) is 5.75 Å². The predicted octanol–water partition coefficient (Wildman–Crippen LogP) is 6.77. The summed E-state index contributed by atoms with van der Waals surface area (Å²) in [5.41, 5.74) is 11.1. The van der Waals surface area contributed by atoms with E-state index in [0.717, 1.165) is 63.7 Å². The lowest BCUT2D eigenvalue weighted by molar-refractivity contribution is -0.0239. The number of nitrogens with zero attached hydrogens (tertiary/aromatic N) is 3. The van der Waals surface area contributed by atoms with Gasteiger partial charge in [0, 0.05) is 23.3 Å². The van der Waals surface area contributed by atoms with Crippen molar-refractivity contribution < 1.29 is 4.74 Å². The highest BCUT2D eigenvalue weighted by Crippen LogP contribution is 2.56. The van der Waals surface area contributed by atoms with E-state index in [9.17, 15) is 0 Å². The summed E-state index contributed by atoms with van der Waals surface area (Å²) in [5.74, 6) is 5.08. The van der Waals surface area contributed by atoms with Crippen LogP contribution in [0.4, 0.5) is 5.82 Å². The number of fused-ring (bicyclic) bond motifs is 1. The Morgan fingerprint density at radius 1 is 0.900 bits per heavy atom. The number of hydrogen-bond donors (Lipinski definition) is 2. The second-order valence-electron chi connectivity index (χ2n) is 13.3. The minimum atomic E-state index is 0.447. The van der Waals surface area contributed by atoms with Gasteiger partial charge in [-0.15, -0.1) is 0 Å². The van der Waals surface area contributed by atoms with E-state index in [0.29, 0.717) is 24.0 Å². The van der Waals surface area contributed by atoms with Crippen LogP contribution in [0.3, 0.4) is 0 Å². The first-order chi connectivity index (χ1) is 19.6. The van der Waals surface area contributed by atoms with E-state index in [1.807, 2.05) is 30.3 Å². The minimum absolute atomic E-state index is 0.447. The molecule has 5 aliphatic rings. The molecule has 5 aliphatic carbocycles. The first kappa shape index (κ1) is 24.4. The Labute approximate surface area is 236 Å². The maximum absolute atomic E-state index is 6.45. The maximum atomic E-state index is 6.45. The second kappa shape index (κ2) is 9.62. The highest BCUT2D eigenvalue weighted by atomic mass is 16.5. The van der Waals surface area contributed by atoms with E-state index in [-0.39, 0.29) is 0 Å². The molecule has 0 spiro atoms. The van der Waals surface area contributed by atoms with E-state index in [1.165, 1.54) is 51.4 Å². The molecule has 9 rings (SSSR count). The molecule has 4 bridgehead atoms. The molecule has 0 unspecified atom stereocenters. The van der Waals surface area contributed by atoms with Crippen LogP contribution >= 0.6 is 0 Å². The molecule has 2 aromatic heterocycles. The molecule has 4 aromatic rings. The molecule has 2 heterocycles. The van der Waals surface area contributed by atoms with Gasteiger partial charge in [-0.25, -0.2) is 9.97 Å². The topological polar surface area (TPSA) is 78.0 Å². The van der Waals surface area contributed by atoms with Crippen molar-refractivity contribution in [2.45, 2.75) is 69.6 Å². The van der Waals surface area contributed by atoms with Gasteiger partial charge in [0.15, 0.2) is 0 Å². The fourth-order valence-electron chi connectivity index (χ4n) is 8.88. The molecule has 0 saturated heterocycles. The smallest absolute Gasteiger partial charge is 0.146 e. The molecule has 40 heavy (non-hydrogen) atoms. The van der Waals surface area contributed by atoms with Gasteiger partial charge in [0.25, 0.3) is 0 Å². The van der Waals surface area contributed by atoms with E-state index in [1.54, 1.807) is 6.33 Å². The second-order valence-corrected chi connectivity index (χ2v) is 13.3. The number of hydrogen-bond acceptors (Lipinski definition) is 5. The van der Waals surface area contributed by atoms with Crippen LogP contribution in [0.2, 0.25) is 0 Å². The molecule has 6 nitrogen and oxygen atoms in total. The third kappa shape index (κ3) is 4.37. The summed E-state index contributed by atoms with van der Waals surface area (Å²) in [6.07, 6.45) is 15.0. The molecule has 0 radical (unpaired) electrons. The zero-order valence-electron chi connectivity index (χ0n) is 23.1. The van der Waals surface area contributed by atoms with Crippen LogP contribution in [0.1, 0.15) is 63.0 Å². The molecule has 5 fully saturated rings. The van der Waals surface area contributed by atoms with E-state index in [2.05, 4.69) is 45.3 Å². The number of nitrogens with one attached hydrogen (secondary N) is 1. The van der Waals surface area contributed by atoms with Crippen molar-refractivity contribution in [1.29, 1.82) is 0 Å². The Kier molecular flexibility index (Phi) is 5.87. The Morgan fingerprint density at radius 3 is 2.40 bits per heavy atom. The van der Waals surface area contributed by atoms with Crippen LogP contribution < -0.4 is 15.8 Å². The summed E-state index contributed by atoms with van der Waals surface area (Å²) >= 11 is 0. The Morgan fingerprint density at radius 2 is 1.65 bits per heavy atom. The minimum Gasteiger partial charge on any atom is -0.489 e. The van der Waals surface area contributed by atoms with Gasteiger partial charge in [0.2, 0.25) is 0 Å². The van der Waals surface area contributed by atoms with Crippen molar-refractivity contribution in [3.8, 4) is 16.9 Å². The molecule has 3 N–H and O–H groups in total. The summed E-state index contributed by atoms with van der Waals surface area (Å²) in [6, 6.07) is 19.0. The quantitative estimate of drug-likeness (QED) is 0.261. The summed E-state index contributed by atoms with van der Waals surface area (Å²) in [6.45, 7) is 1.70. The summed E-state index contributed by atoms with van der Waals surface area (Å²) in [4.78, 5) is 9.07. The van der Waals surface area contributed by atoms with Crippen molar-refractivity contribution in [3.63, 3.8) is 0 Å². The van der Waals surface area contributed by atoms with E-state index < -0.39 is 0 Å². The summed E-state index contributed by atoms with van der Waals surface area (Å²) in [7, 11) is 0. The molecule has 0 amide bonds. The molecule has 2 aromatic carbocycles. The van der Waals surface area contributed by atoms with E-state index >= 15 is 0 Å². The third-order valence-corrected chi connectivity index (χ3v) is 10.4. The van der Waals surface area contributed by atoms with Gasteiger partial charge in [-0.1, -0.05) is 42.5 Å². The van der Waals surface area contributed by atoms with Gasteiger partial charge >= 0.3 is 0 Å². The predicted molar refractivity (Wildman–Crippen MR) is 159 cm³/mol. The van der Waals surface area contributed by atoms with Crippen LogP contribution in [0.25, 0.3) is 22.2 Å². The van der Waals surface area contributed by atoms with Gasteiger partial charge in [-0.2, -0.15) is 0 Å². The molecular formula is C34H39N5O. The Bertz CT molecular complexity index is 1490.